The summed E-state index contributed by atoms with van der Waals surface area (Å²) in [5, 5.41) is 11.7. The van der Waals surface area contributed by atoms with Crippen LogP contribution in [0.15, 0.2) is 30.3 Å². The Labute approximate surface area is 107 Å². The number of para-hydroxylation sites is 1. The van der Waals surface area contributed by atoms with Gasteiger partial charge in [-0.25, -0.2) is 0 Å². The quantitative estimate of drug-likeness (QED) is 0.746. The van der Waals surface area contributed by atoms with Crippen LogP contribution in [0, 0.1) is 0 Å². The Morgan fingerprint density at radius 1 is 1.39 bits per heavy atom. The molecule has 0 bridgehead atoms. The zero-order valence-electron chi connectivity index (χ0n) is 10.6. The molecule has 2 unspecified atom stereocenters. The molecule has 100 valence electrons. The van der Waals surface area contributed by atoms with Crippen molar-refractivity contribution >= 4 is 5.91 Å². The van der Waals surface area contributed by atoms with E-state index in [2.05, 4.69) is 5.32 Å². The number of hydrogen-bond acceptors (Lipinski definition) is 4. The van der Waals surface area contributed by atoms with Gasteiger partial charge in [0, 0.05) is 7.11 Å². The second-order valence-corrected chi connectivity index (χ2v) is 3.92. The lowest BCUT2D eigenvalue weighted by Crippen LogP contribution is -2.46. The van der Waals surface area contributed by atoms with Gasteiger partial charge < -0.3 is 19.9 Å². The third-order valence-corrected chi connectivity index (χ3v) is 2.36. The fraction of sp³-hybridized carbons (Fsp3) is 0.462. The van der Waals surface area contributed by atoms with Crippen LogP contribution in [-0.2, 0) is 9.53 Å². The van der Waals surface area contributed by atoms with Gasteiger partial charge >= 0.3 is 0 Å². The summed E-state index contributed by atoms with van der Waals surface area (Å²) in [4.78, 5) is 11.8. The van der Waals surface area contributed by atoms with Crippen molar-refractivity contribution in [1.82, 2.24) is 5.32 Å². The molecule has 0 radical (unpaired) electrons. The fourth-order valence-electron chi connectivity index (χ4n) is 1.42. The van der Waals surface area contributed by atoms with Crippen LogP contribution >= 0.6 is 0 Å². The van der Waals surface area contributed by atoms with Crippen molar-refractivity contribution in [2.75, 3.05) is 20.3 Å². The average Bonchev–Trinajstić information content (AvgIpc) is 2.39. The van der Waals surface area contributed by atoms with Crippen LogP contribution in [-0.4, -0.2) is 43.5 Å². The molecule has 1 aromatic rings. The molecule has 1 rings (SSSR count). The standard InChI is InChI=1S/C13H19NO4/c1-10(18-12-6-4-3-5-7-12)13(16)14-11(8-15)9-17-2/h3-7,10-11,15H,8-9H2,1-2H3,(H,14,16). The molecule has 0 aliphatic heterocycles. The van der Waals surface area contributed by atoms with Crippen LogP contribution in [0.4, 0.5) is 0 Å². The highest BCUT2D eigenvalue weighted by atomic mass is 16.5. The van der Waals surface area contributed by atoms with E-state index in [1.807, 2.05) is 18.2 Å². The zero-order valence-corrected chi connectivity index (χ0v) is 10.6. The molecule has 0 aliphatic rings. The summed E-state index contributed by atoms with van der Waals surface area (Å²) in [6.07, 6.45) is -0.627. The number of nitrogens with one attached hydrogen (secondary N) is 1. The number of amides is 1. The number of methoxy groups -OCH3 is 1. The lowest BCUT2D eigenvalue weighted by atomic mass is 10.3. The number of benzene rings is 1. The van der Waals surface area contributed by atoms with Crippen LogP contribution in [0.3, 0.4) is 0 Å². The largest absolute Gasteiger partial charge is 0.481 e. The Hall–Kier alpha value is -1.59. The highest BCUT2D eigenvalue weighted by molar-refractivity contribution is 5.81. The molecule has 0 heterocycles. The van der Waals surface area contributed by atoms with Gasteiger partial charge in [0.25, 0.3) is 5.91 Å². The van der Waals surface area contributed by atoms with Crippen molar-refractivity contribution in [2.24, 2.45) is 0 Å². The highest BCUT2D eigenvalue weighted by Crippen LogP contribution is 2.10. The van der Waals surface area contributed by atoms with Crippen LogP contribution in [0.5, 0.6) is 5.75 Å². The average molecular weight is 253 g/mol. The minimum atomic E-state index is -0.627. The number of carbonyl (C=O) groups excluding carboxylic acids is 1. The van der Waals surface area contributed by atoms with Crippen molar-refractivity contribution in [3.05, 3.63) is 30.3 Å². The monoisotopic (exact) mass is 253 g/mol. The third kappa shape index (κ3) is 4.73. The molecule has 0 fully saturated rings. The Bertz CT molecular complexity index is 355. The molecule has 2 N–H and O–H groups in total. The number of aliphatic hydroxyl groups is 1. The maximum absolute atomic E-state index is 11.8. The molecular formula is C13H19NO4. The molecule has 1 amide bonds. The fourth-order valence-corrected chi connectivity index (χ4v) is 1.42. The molecule has 0 saturated carbocycles. The summed E-state index contributed by atoms with van der Waals surface area (Å²) in [7, 11) is 1.51. The van der Waals surface area contributed by atoms with Crippen molar-refractivity contribution in [1.29, 1.82) is 0 Å². The number of rotatable bonds is 7. The minimum Gasteiger partial charge on any atom is -0.481 e. The predicted molar refractivity (Wildman–Crippen MR) is 67.4 cm³/mol. The SMILES string of the molecule is COCC(CO)NC(=O)C(C)Oc1ccccc1. The van der Waals surface area contributed by atoms with E-state index >= 15 is 0 Å². The van der Waals surface area contributed by atoms with E-state index in [1.165, 1.54) is 7.11 Å². The summed E-state index contributed by atoms with van der Waals surface area (Å²) < 4.78 is 10.3. The Morgan fingerprint density at radius 3 is 2.61 bits per heavy atom. The van der Waals surface area contributed by atoms with E-state index in [-0.39, 0.29) is 19.1 Å². The topological polar surface area (TPSA) is 67.8 Å². The van der Waals surface area contributed by atoms with Gasteiger partial charge in [0.05, 0.1) is 19.3 Å². The first-order valence-electron chi connectivity index (χ1n) is 5.79. The Morgan fingerprint density at radius 2 is 2.06 bits per heavy atom. The number of carbonyl (C=O) groups is 1. The maximum atomic E-state index is 11.8. The van der Waals surface area contributed by atoms with Gasteiger partial charge in [0.15, 0.2) is 6.10 Å². The molecule has 5 heteroatoms. The zero-order chi connectivity index (χ0) is 13.4. The molecular weight excluding hydrogens is 234 g/mol. The lowest BCUT2D eigenvalue weighted by Gasteiger charge is -2.19. The van der Waals surface area contributed by atoms with Crippen LogP contribution in [0.2, 0.25) is 0 Å². The normalized spacial score (nSPS) is 13.7. The summed E-state index contributed by atoms with van der Waals surface area (Å²) in [6.45, 7) is 1.75. The molecule has 5 nitrogen and oxygen atoms in total. The summed E-state index contributed by atoms with van der Waals surface area (Å²) in [5.74, 6) is 0.349. The maximum Gasteiger partial charge on any atom is 0.261 e. The van der Waals surface area contributed by atoms with E-state index in [0.29, 0.717) is 5.75 Å². The number of hydrogen-bond donors (Lipinski definition) is 2. The highest BCUT2D eigenvalue weighted by Gasteiger charge is 2.18. The van der Waals surface area contributed by atoms with Crippen LogP contribution < -0.4 is 10.1 Å². The first kappa shape index (κ1) is 14.5. The second-order valence-electron chi connectivity index (χ2n) is 3.92. The van der Waals surface area contributed by atoms with Gasteiger partial charge in [-0.3, -0.25) is 4.79 Å². The molecule has 0 aromatic heterocycles. The van der Waals surface area contributed by atoms with Crippen LogP contribution in [0.1, 0.15) is 6.92 Å². The summed E-state index contributed by atoms with van der Waals surface area (Å²) in [5.41, 5.74) is 0. The lowest BCUT2D eigenvalue weighted by molar-refractivity contribution is -0.128. The first-order chi connectivity index (χ1) is 8.67. The Kier molecular flexibility index (Phi) is 6.18. The first-order valence-corrected chi connectivity index (χ1v) is 5.79. The molecule has 0 spiro atoms. The molecule has 0 aliphatic carbocycles. The number of ether oxygens (including phenoxy) is 2. The van der Waals surface area contributed by atoms with Crippen molar-refractivity contribution in [3.63, 3.8) is 0 Å². The third-order valence-electron chi connectivity index (χ3n) is 2.36. The van der Waals surface area contributed by atoms with E-state index in [0.717, 1.165) is 0 Å². The van der Waals surface area contributed by atoms with E-state index in [4.69, 9.17) is 14.6 Å². The molecule has 1 aromatic carbocycles. The second kappa shape index (κ2) is 7.68. The molecule has 18 heavy (non-hydrogen) atoms. The van der Waals surface area contributed by atoms with Gasteiger partial charge in [-0.05, 0) is 19.1 Å². The predicted octanol–water partition coefficient (Wildman–Crippen LogP) is 0.577. The number of aliphatic hydroxyl groups excluding tert-OH is 1. The van der Waals surface area contributed by atoms with Gasteiger partial charge in [-0.15, -0.1) is 0 Å². The Balaban J connectivity index is 2.46. The van der Waals surface area contributed by atoms with Crippen molar-refractivity contribution in [3.8, 4) is 5.75 Å². The van der Waals surface area contributed by atoms with E-state index < -0.39 is 12.1 Å². The van der Waals surface area contributed by atoms with Crippen molar-refractivity contribution in [2.45, 2.75) is 19.1 Å². The van der Waals surface area contributed by atoms with Crippen molar-refractivity contribution < 1.29 is 19.4 Å². The van der Waals surface area contributed by atoms with Crippen LogP contribution in [0.25, 0.3) is 0 Å². The minimum absolute atomic E-state index is 0.169. The van der Waals surface area contributed by atoms with Gasteiger partial charge in [0.1, 0.15) is 5.75 Å². The summed E-state index contributed by atoms with van der Waals surface area (Å²) in [6, 6.07) is 8.69. The smallest absolute Gasteiger partial charge is 0.261 e. The van der Waals surface area contributed by atoms with Gasteiger partial charge in [0.2, 0.25) is 0 Å². The molecule has 2 atom stereocenters. The molecule has 0 saturated heterocycles. The van der Waals surface area contributed by atoms with E-state index in [9.17, 15) is 4.79 Å². The van der Waals surface area contributed by atoms with E-state index in [1.54, 1.807) is 19.1 Å². The van der Waals surface area contributed by atoms with Gasteiger partial charge in [-0.1, -0.05) is 18.2 Å². The van der Waals surface area contributed by atoms with Gasteiger partial charge in [-0.2, -0.15) is 0 Å². The summed E-state index contributed by atoms with van der Waals surface area (Å²) >= 11 is 0.